The van der Waals surface area contributed by atoms with E-state index in [9.17, 15) is 20.4 Å². The summed E-state index contributed by atoms with van der Waals surface area (Å²) in [7, 11) is -4.67. The van der Waals surface area contributed by atoms with Gasteiger partial charge in [0.2, 0.25) is 0 Å². The molecule has 18 heteroatoms. The van der Waals surface area contributed by atoms with Crippen molar-refractivity contribution < 1.29 is 67.8 Å². The van der Waals surface area contributed by atoms with Gasteiger partial charge in [-0.1, -0.05) is 0 Å². The minimum Gasteiger partial charge on any atom is -0.394 e. The molecule has 0 aromatic heterocycles. The van der Waals surface area contributed by atoms with E-state index in [1.807, 2.05) is 0 Å². The molecule has 0 bridgehead atoms. The average Bonchev–Trinajstić information content (AvgIpc) is 2.63. The predicted octanol–water partition coefficient (Wildman–Crippen LogP) is -6.74. The summed E-state index contributed by atoms with van der Waals surface area (Å²) in [5.41, 5.74) is 10.5. The van der Waals surface area contributed by atoms with E-state index in [2.05, 4.69) is 0 Å². The van der Waals surface area contributed by atoms with Gasteiger partial charge in [-0.25, -0.2) is 0 Å². The Balaban J connectivity index is 0. The van der Waals surface area contributed by atoms with Gasteiger partial charge in [0.1, 0.15) is 36.6 Å². The molecule has 16 nitrogen and oxygen atoms in total. The van der Waals surface area contributed by atoms with Gasteiger partial charge in [-0.15, -0.1) is 12.4 Å². The summed E-state index contributed by atoms with van der Waals surface area (Å²) in [6.45, 7) is -0.940. The quantitative estimate of drug-likeness (QED) is 0.159. The van der Waals surface area contributed by atoms with E-state index in [-0.39, 0.29) is 12.4 Å². The number of halogens is 1. The second-order valence-electron chi connectivity index (χ2n) is 6.06. The van der Waals surface area contributed by atoms with Gasteiger partial charge in [0.15, 0.2) is 12.6 Å². The van der Waals surface area contributed by atoms with E-state index in [1.165, 1.54) is 0 Å². The van der Waals surface area contributed by atoms with Crippen LogP contribution in [0, 0.1) is 0 Å². The van der Waals surface area contributed by atoms with E-state index in [0.717, 1.165) is 0 Å². The Kier molecular flexibility index (Phi) is 14.8. The molecule has 30 heavy (non-hydrogen) atoms. The van der Waals surface area contributed by atoms with Crippen molar-refractivity contribution in [2.24, 2.45) is 11.5 Å². The molecular formula is C12H29ClN2O14S. The molecule has 2 saturated heterocycles. The third-order valence-electron chi connectivity index (χ3n) is 3.90. The van der Waals surface area contributed by atoms with Crippen molar-refractivity contribution >= 4 is 22.8 Å². The van der Waals surface area contributed by atoms with Gasteiger partial charge in [-0.05, 0) is 0 Å². The van der Waals surface area contributed by atoms with Crippen LogP contribution in [0.3, 0.4) is 0 Å². The lowest BCUT2D eigenvalue weighted by atomic mass is 9.98. The van der Waals surface area contributed by atoms with Gasteiger partial charge in [0.25, 0.3) is 0 Å². The van der Waals surface area contributed by atoms with Crippen LogP contribution in [-0.4, -0.2) is 133 Å². The largest absolute Gasteiger partial charge is 0.394 e. The molecule has 0 aromatic rings. The Morgan fingerprint density at radius 3 is 1.10 bits per heavy atom. The van der Waals surface area contributed by atoms with Crippen LogP contribution >= 0.6 is 12.4 Å². The van der Waals surface area contributed by atoms with Gasteiger partial charge >= 0.3 is 10.4 Å². The zero-order valence-electron chi connectivity index (χ0n) is 15.3. The molecular weight excluding hydrogens is 464 g/mol. The molecule has 10 atom stereocenters. The predicted molar refractivity (Wildman–Crippen MR) is 97.3 cm³/mol. The first-order chi connectivity index (χ1) is 13.1. The number of rotatable bonds is 2. The fraction of sp³-hybridized carbons (Fsp3) is 1.00. The zero-order valence-corrected chi connectivity index (χ0v) is 16.9. The Hall–Kier alpha value is -0.320. The molecule has 0 saturated carbocycles. The Morgan fingerprint density at radius 2 is 0.900 bits per heavy atom. The lowest BCUT2D eigenvalue weighted by Gasteiger charge is -2.38. The van der Waals surface area contributed by atoms with Gasteiger partial charge < -0.3 is 61.8 Å². The van der Waals surface area contributed by atoms with Crippen molar-refractivity contribution in [3.05, 3.63) is 0 Å². The summed E-state index contributed by atoms with van der Waals surface area (Å²) < 4.78 is 41.0. The van der Waals surface area contributed by atoms with E-state index in [4.69, 9.17) is 58.9 Å². The number of ether oxygens (including phenoxy) is 2. The highest BCUT2D eigenvalue weighted by molar-refractivity contribution is 7.79. The van der Waals surface area contributed by atoms with Crippen LogP contribution in [0.4, 0.5) is 0 Å². The fourth-order valence-electron chi connectivity index (χ4n) is 2.24. The minimum absolute atomic E-state index is 0. The highest BCUT2D eigenvalue weighted by Crippen LogP contribution is 2.18. The third kappa shape index (κ3) is 10.3. The zero-order chi connectivity index (χ0) is 23.1. The molecule has 2 fully saturated rings. The van der Waals surface area contributed by atoms with Gasteiger partial charge in [0.05, 0.1) is 25.3 Å². The van der Waals surface area contributed by atoms with Crippen LogP contribution in [0.2, 0.25) is 0 Å². The summed E-state index contributed by atoms with van der Waals surface area (Å²) in [4.78, 5) is 0. The summed E-state index contributed by atoms with van der Waals surface area (Å²) >= 11 is 0. The maximum absolute atomic E-state index is 9.20. The fourth-order valence-corrected chi connectivity index (χ4v) is 2.24. The van der Waals surface area contributed by atoms with Crippen LogP contribution in [-0.2, 0) is 19.9 Å². The molecule has 2 rings (SSSR count). The number of nitrogens with two attached hydrogens (primary N) is 2. The molecule has 0 aromatic carbocycles. The van der Waals surface area contributed by atoms with Gasteiger partial charge in [-0.2, -0.15) is 8.42 Å². The molecule has 0 unspecified atom stereocenters. The molecule has 184 valence electrons. The minimum atomic E-state index is -4.67. The lowest BCUT2D eigenvalue weighted by Crippen LogP contribution is -2.61. The molecule has 2 heterocycles. The van der Waals surface area contributed by atoms with E-state index >= 15 is 0 Å². The smallest absolute Gasteiger partial charge is 0.394 e. The number of aliphatic hydroxyl groups is 8. The second-order valence-corrected chi connectivity index (χ2v) is 6.96. The lowest BCUT2D eigenvalue weighted by molar-refractivity contribution is -0.248. The summed E-state index contributed by atoms with van der Waals surface area (Å²) in [5, 5.41) is 72.1. The molecule has 14 N–H and O–H groups in total. The van der Waals surface area contributed by atoms with Gasteiger partial charge in [0, 0.05) is 0 Å². The normalized spacial score (nSPS) is 41.3. The van der Waals surface area contributed by atoms with Crippen LogP contribution in [0.15, 0.2) is 0 Å². The van der Waals surface area contributed by atoms with Crippen LogP contribution < -0.4 is 11.5 Å². The number of hydrogen-bond acceptors (Lipinski definition) is 14. The molecule has 0 spiro atoms. The van der Waals surface area contributed by atoms with Crippen LogP contribution in [0.5, 0.6) is 0 Å². The van der Waals surface area contributed by atoms with Crippen molar-refractivity contribution in [1.82, 2.24) is 0 Å². The second kappa shape index (κ2) is 14.0. The summed E-state index contributed by atoms with van der Waals surface area (Å²) in [6, 6.07) is -2.08. The average molecular weight is 493 g/mol. The third-order valence-corrected chi connectivity index (χ3v) is 3.90. The Labute approximate surface area is 177 Å². The maximum atomic E-state index is 9.20. The molecule has 2 aliphatic rings. The van der Waals surface area contributed by atoms with Crippen LogP contribution in [0.1, 0.15) is 0 Å². The highest BCUT2D eigenvalue weighted by atomic mass is 35.5. The monoisotopic (exact) mass is 492 g/mol. The highest BCUT2D eigenvalue weighted by Gasteiger charge is 2.42. The van der Waals surface area contributed by atoms with Crippen molar-refractivity contribution in [2.75, 3.05) is 13.2 Å². The first kappa shape index (κ1) is 31.9. The van der Waals surface area contributed by atoms with Crippen molar-refractivity contribution in [3.63, 3.8) is 0 Å². The van der Waals surface area contributed by atoms with Crippen molar-refractivity contribution in [1.29, 1.82) is 0 Å². The number of aliphatic hydroxyl groups excluding tert-OH is 8. The van der Waals surface area contributed by atoms with E-state index < -0.39 is 84.9 Å². The number of hydrogen-bond donors (Lipinski definition) is 12. The first-order valence-electron chi connectivity index (χ1n) is 7.97. The Morgan fingerprint density at radius 1 is 0.667 bits per heavy atom. The maximum Gasteiger partial charge on any atom is 0.394 e. The topological polar surface area (TPSA) is 307 Å². The molecule has 2 aliphatic heterocycles. The van der Waals surface area contributed by atoms with E-state index in [1.54, 1.807) is 0 Å². The van der Waals surface area contributed by atoms with Crippen LogP contribution in [0.25, 0.3) is 0 Å². The molecule has 0 aliphatic carbocycles. The molecule has 0 radical (unpaired) electrons. The van der Waals surface area contributed by atoms with Gasteiger partial charge in [-0.3, -0.25) is 9.11 Å². The SMILES string of the molecule is Cl.N[C@@H]1[C@@H](O)[C@H](O)[C@@H](CO)O[C@H]1O.N[C@@H]1[C@@H](O)[C@H](O)[C@@H](CO)O[C@H]1O.O=S(=O)(O)O. The summed E-state index contributed by atoms with van der Waals surface area (Å²) in [5.74, 6) is 0. The standard InChI is InChI=1S/2C6H13NO5.ClH.H2O4S/c2*7-3-5(10)4(9)2(1-8)12-6(3)11;;1-5(2,3)4/h2*2-6,8-11H,1,7H2;1H;(H2,1,2,3,4)/t2*2-,3-,4-,5-,6-;;/m11../s1. The summed E-state index contributed by atoms with van der Waals surface area (Å²) in [6.07, 6.45) is -9.70. The van der Waals surface area contributed by atoms with E-state index in [0.29, 0.717) is 0 Å². The Bertz CT molecular complexity index is 522. The van der Waals surface area contributed by atoms with Crippen molar-refractivity contribution in [3.8, 4) is 0 Å². The molecule has 0 amide bonds. The van der Waals surface area contributed by atoms with Crippen molar-refractivity contribution in [2.45, 2.75) is 61.3 Å². The first-order valence-corrected chi connectivity index (χ1v) is 9.37.